The van der Waals surface area contributed by atoms with Crippen LogP contribution in [0.4, 0.5) is 0 Å². The van der Waals surface area contributed by atoms with E-state index in [1.54, 1.807) is 13.8 Å². The van der Waals surface area contributed by atoms with E-state index in [1.165, 1.54) is 6.21 Å². The molecule has 0 unspecified atom stereocenters. The van der Waals surface area contributed by atoms with Gasteiger partial charge in [0, 0.05) is 6.21 Å². The molecule has 0 amide bonds. The summed E-state index contributed by atoms with van der Waals surface area (Å²) in [5.41, 5.74) is 5.90. The van der Waals surface area contributed by atoms with Crippen molar-refractivity contribution in [1.82, 2.24) is 0 Å². The van der Waals surface area contributed by atoms with E-state index in [1.807, 2.05) is 0 Å². The van der Waals surface area contributed by atoms with Gasteiger partial charge in [-0.25, -0.2) is 4.99 Å². The van der Waals surface area contributed by atoms with Gasteiger partial charge >= 0.3 is 0 Å². The van der Waals surface area contributed by atoms with Gasteiger partial charge in [0.2, 0.25) is 0 Å². The summed E-state index contributed by atoms with van der Waals surface area (Å²) in [6.45, 7) is 3.77. The van der Waals surface area contributed by atoms with Gasteiger partial charge in [0.05, 0.1) is 11.5 Å². The quantitative estimate of drug-likeness (QED) is 0.433. The second-order valence-electron chi connectivity index (χ2n) is 1.88. The van der Waals surface area contributed by atoms with E-state index in [2.05, 4.69) is 9.98 Å². The molecular formula is C6H12N4. The fourth-order valence-electron chi connectivity index (χ4n) is 0.304. The van der Waals surface area contributed by atoms with E-state index < -0.39 is 0 Å². The van der Waals surface area contributed by atoms with Crippen molar-refractivity contribution >= 4 is 17.8 Å². The highest BCUT2D eigenvalue weighted by Gasteiger charge is 1.80. The third-order valence-corrected chi connectivity index (χ3v) is 0.849. The molecule has 0 saturated carbocycles. The minimum absolute atomic E-state index is 0.323. The molecule has 0 bridgehead atoms. The number of hydrogen-bond donors (Lipinski definition) is 2. The van der Waals surface area contributed by atoms with E-state index in [4.69, 9.17) is 11.1 Å². The van der Waals surface area contributed by atoms with Crippen molar-refractivity contribution in [2.24, 2.45) is 15.7 Å². The van der Waals surface area contributed by atoms with E-state index in [0.717, 1.165) is 0 Å². The molecule has 3 N–H and O–H groups in total. The van der Waals surface area contributed by atoms with Crippen molar-refractivity contribution in [2.75, 3.05) is 6.67 Å². The number of hydrogen-bond acceptors (Lipinski definition) is 3. The monoisotopic (exact) mass is 140 g/mol. The van der Waals surface area contributed by atoms with Gasteiger partial charge in [-0.15, -0.1) is 0 Å². The SMILES string of the molecule is CC(N)=NCN=C(C)C=N. The topological polar surface area (TPSA) is 74.6 Å². The first-order valence-electron chi connectivity index (χ1n) is 2.95. The normalized spacial score (nSPS) is 13.4. The molecular weight excluding hydrogens is 128 g/mol. The Hall–Kier alpha value is -1.19. The Morgan fingerprint density at radius 3 is 2.50 bits per heavy atom. The molecule has 0 aliphatic rings. The van der Waals surface area contributed by atoms with Gasteiger partial charge in [0.1, 0.15) is 6.67 Å². The summed E-state index contributed by atoms with van der Waals surface area (Å²) in [6.07, 6.45) is 1.18. The lowest BCUT2D eigenvalue weighted by Crippen LogP contribution is -2.05. The fraction of sp³-hybridized carbons (Fsp3) is 0.500. The lowest BCUT2D eigenvalue weighted by atomic mass is 10.5. The van der Waals surface area contributed by atoms with E-state index in [-0.39, 0.29) is 0 Å². The molecule has 0 aromatic carbocycles. The lowest BCUT2D eigenvalue weighted by Gasteiger charge is -1.89. The smallest absolute Gasteiger partial charge is 0.131 e. The van der Waals surface area contributed by atoms with Crippen LogP contribution in [0.25, 0.3) is 0 Å². The average molecular weight is 140 g/mol. The summed E-state index contributed by atoms with van der Waals surface area (Å²) in [5.74, 6) is 0.515. The van der Waals surface area contributed by atoms with Crippen LogP contribution in [0, 0.1) is 5.41 Å². The molecule has 0 atom stereocenters. The van der Waals surface area contributed by atoms with Crippen LogP contribution in [0.5, 0.6) is 0 Å². The van der Waals surface area contributed by atoms with Crippen molar-refractivity contribution in [3.05, 3.63) is 0 Å². The van der Waals surface area contributed by atoms with Gasteiger partial charge < -0.3 is 11.1 Å². The maximum Gasteiger partial charge on any atom is 0.131 e. The fourth-order valence-corrected chi connectivity index (χ4v) is 0.304. The lowest BCUT2D eigenvalue weighted by molar-refractivity contribution is 1.06. The van der Waals surface area contributed by atoms with E-state index in [0.29, 0.717) is 18.2 Å². The van der Waals surface area contributed by atoms with Crippen LogP contribution in [0.15, 0.2) is 9.98 Å². The molecule has 4 nitrogen and oxygen atoms in total. The highest BCUT2D eigenvalue weighted by atomic mass is 15.0. The first kappa shape index (κ1) is 8.81. The molecule has 0 fully saturated rings. The molecule has 0 heterocycles. The number of nitrogens with two attached hydrogens (primary N) is 1. The predicted molar refractivity (Wildman–Crippen MR) is 44.1 cm³/mol. The Kier molecular flexibility index (Phi) is 4.11. The third kappa shape index (κ3) is 4.96. The Bertz CT molecular complexity index is 165. The molecule has 0 aliphatic carbocycles. The first-order valence-corrected chi connectivity index (χ1v) is 2.95. The largest absolute Gasteiger partial charge is 0.388 e. The second-order valence-corrected chi connectivity index (χ2v) is 1.88. The number of nitrogens with one attached hydrogen (secondary N) is 1. The molecule has 0 aliphatic heterocycles. The van der Waals surface area contributed by atoms with E-state index in [9.17, 15) is 0 Å². The zero-order chi connectivity index (χ0) is 7.98. The molecule has 0 aromatic heterocycles. The highest BCUT2D eigenvalue weighted by molar-refractivity contribution is 6.28. The number of nitrogens with zero attached hydrogens (tertiary/aromatic N) is 2. The Balaban J connectivity index is 3.74. The maximum atomic E-state index is 6.76. The van der Waals surface area contributed by atoms with Crippen LogP contribution >= 0.6 is 0 Å². The summed E-state index contributed by atoms with van der Waals surface area (Å²) in [5, 5.41) is 6.76. The Labute approximate surface area is 60.4 Å². The van der Waals surface area contributed by atoms with Gasteiger partial charge in [0.15, 0.2) is 0 Å². The molecule has 0 saturated heterocycles. The van der Waals surface area contributed by atoms with Crippen LogP contribution in [0.3, 0.4) is 0 Å². The molecule has 56 valence electrons. The standard InChI is InChI=1S/C6H12N4/c1-5(3-7)9-4-10-6(2)8/h3,7H,4H2,1-2H3,(H2,8,10). The molecule has 0 radical (unpaired) electrons. The molecule has 0 aromatic rings. The summed E-state index contributed by atoms with van der Waals surface area (Å²) < 4.78 is 0. The Morgan fingerprint density at radius 2 is 2.10 bits per heavy atom. The molecule has 0 rings (SSSR count). The molecule has 10 heavy (non-hydrogen) atoms. The molecule has 4 heteroatoms. The number of amidine groups is 1. The van der Waals surface area contributed by atoms with Crippen LogP contribution in [-0.4, -0.2) is 24.4 Å². The van der Waals surface area contributed by atoms with Crippen molar-refractivity contribution < 1.29 is 0 Å². The zero-order valence-corrected chi connectivity index (χ0v) is 6.26. The summed E-state index contributed by atoms with van der Waals surface area (Å²) in [7, 11) is 0. The van der Waals surface area contributed by atoms with Crippen LogP contribution < -0.4 is 5.73 Å². The summed E-state index contributed by atoms with van der Waals surface area (Å²) in [6, 6.07) is 0. The zero-order valence-electron chi connectivity index (χ0n) is 6.26. The van der Waals surface area contributed by atoms with Gasteiger partial charge in [0.25, 0.3) is 0 Å². The highest BCUT2D eigenvalue weighted by Crippen LogP contribution is 1.76. The minimum Gasteiger partial charge on any atom is -0.388 e. The van der Waals surface area contributed by atoms with Gasteiger partial charge in [-0.1, -0.05) is 0 Å². The van der Waals surface area contributed by atoms with Crippen molar-refractivity contribution in [2.45, 2.75) is 13.8 Å². The van der Waals surface area contributed by atoms with Crippen LogP contribution in [0.2, 0.25) is 0 Å². The maximum absolute atomic E-state index is 6.76. The second kappa shape index (κ2) is 4.67. The van der Waals surface area contributed by atoms with Crippen molar-refractivity contribution in [1.29, 1.82) is 5.41 Å². The Morgan fingerprint density at radius 1 is 1.50 bits per heavy atom. The number of rotatable bonds is 3. The van der Waals surface area contributed by atoms with Crippen molar-refractivity contribution in [3.8, 4) is 0 Å². The molecule has 0 spiro atoms. The predicted octanol–water partition coefficient (Wildman–Crippen LogP) is 0.431. The summed E-state index contributed by atoms with van der Waals surface area (Å²) in [4.78, 5) is 7.70. The van der Waals surface area contributed by atoms with Gasteiger partial charge in [-0.2, -0.15) is 0 Å². The van der Waals surface area contributed by atoms with Gasteiger partial charge in [-0.3, -0.25) is 4.99 Å². The van der Waals surface area contributed by atoms with Crippen molar-refractivity contribution in [3.63, 3.8) is 0 Å². The minimum atomic E-state index is 0.323. The third-order valence-electron chi connectivity index (χ3n) is 0.849. The van der Waals surface area contributed by atoms with E-state index >= 15 is 0 Å². The first-order chi connectivity index (χ1) is 4.66. The van der Waals surface area contributed by atoms with Crippen LogP contribution in [-0.2, 0) is 0 Å². The number of aliphatic imine (C=N–C) groups is 2. The average Bonchev–Trinajstić information content (AvgIpc) is 1.87. The van der Waals surface area contributed by atoms with Gasteiger partial charge in [-0.05, 0) is 13.8 Å². The summed E-state index contributed by atoms with van der Waals surface area (Å²) >= 11 is 0. The van der Waals surface area contributed by atoms with Crippen LogP contribution in [0.1, 0.15) is 13.8 Å².